The molecule has 432 valence electrons. The lowest BCUT2D eigenvalue weighted by Crippen LogP contribution is -2.66. The first-order chi connectivity index (χ1) is 36.3. The Morgan fingerprint density at radius 2 is 1.43 bits per heavy atom. The lowest BCUT2D eigenvalue weighted by molar-refractivity contribution is -0.337. The number of hydrogen-bond donors (Lipinski definition) is 9. The lowest BCUT2D eigenvalue weighted by atomic mass is 9.88. The number of likely N-dealkylation sites (tertiary alicyclic amines) is 1. The van der Waals surface area contributed by atoms with E-state index in [4.69, 9.17) is 54.1 Å². The topological polar surface area (TPSA) is 391 Å². The van der Waals surface area contributed by atoms with Crippen molar-refractivity contribution >= 4 is 29.6 Å². The molecule has 28 nitrogen and oxygen atoms in total. The van der Waals surface area contributed by atoms with Crippen molar-refractivity contribution in [1.29, 1.82) is 0 Å². The second-order valence-electron chi connectivity index (χ2n) is 19.9. The predicted octanol–water partition coefficient (Wildman–Crippen LogP) is -3.54. The zero-order valence-electron chi connectivity index (χ0n) is 43.7. The van der Waals surface area contributed by atoms with E-state index in [9.17, 15) is 54.6 Å². The van der Waals surface area contributed by atoms with Gasteiger partial charge in [0.1, 0.15) is 36.2 Å². The fourth-order valence-electron chi connectivity index (χ4n) is 9.89. The van der Waals surface area contributed by atoms with Crippen LogP contribution in [0.5, 0.6) is 0 Å². The molecular formula is C48H80N8O20. The van der Waals surface area contributed by atoms with Crippen LogP contribution in [-0.4, -0.2) is 242 Å². The number of hydrogen-bond acceptors (Lipinski definition) is 23. The summed E-state index contributed by atoms with van der Waals surface area (Å²) >= 11 is 0. The second kappa shape index (κ2) is 29.3. The van der Waals surface area contributed by atoms with Gasteiger partial charge in [-0.2, -0.15) is 0 Å². The van der Waals surface area contributed by atoms with E-state index in [1.807, 2.05) is 13.8 Å². The van der Waals surface area contributed by atoms with Crippen molar-refractivity contribution < 1.29 is 97.2 Å². The van der Waals surface area contributed by atoms with E-state index in [0.717, 1.165) is 6.42 Å². The van der Waals surface area contributed by atoms with Crippen molar-refractivity contribution in [3.05, 3.63) is 11.9 Å². The summed E-state index contributed by atoms with van der Waals surface area (Å²) < 4.78 is 52.5. The number of nitrogens with zero attached hydrogens (tertiary/aromatic N) is 5. The van der Waals surface area contributed by atoms with Crippen molar-refractivity contribution in [2.75, 3.05) is 59.3 Å². The van der Waals surface area contributed by atoms with Crippen LogP contribution in [0.3, 0.4) is 0 Å². The minimum absolute atomic E-state index is 0.0175. The summed E-state index contributed by atoms with van der Waals surface area (Å²) in [4.78, 5) is 68.0. The maximum Gasteiger partial charge on any atom is 0.335 e. The van der Waals surface area contributed by atoms with Crippen LogP contribution in [-0.2, 0) is 79.7 Å². The summed E-state index contributed by atoms with van der Waals surface area (Å²) in [5.41, 5.74) is 12.4. The SMILES string of the molecule is CC[C@@H]1O[C@H](CC)[C@@H]2C(=O)N(CCOCCN(Cc3cn(CCOCCO[C@@H]4OC(C(=O)O)[C@@H](O[C@H]5OC(C)[C@@H](O)[C@H](O)C5N)[C@H](O)C4O)nn3)C(=O)CCC(=O)NCCCCCO[C@H]3OC(C)[C@@H](O)CC3N)C(=O)[C@@H]21. The number of aliphatic hydroxyl groups excluding tert-OH is 5. The molecule has 6 heterocycles. The third-order valence-electron chi connectivity index (χ3n) is 14.4. The number of amides is 4. The highest BCUT2D eigenvalue weighted by Crippen LogP contribution is 2.42. The molecule has 4 amide bonds. The molecule has 28 heteroatoms. The molecule has 11 N–H and O–H groups in total. The smallest absolute Gasteiger partial charge is 0.335 e. The number of unbranched alkanes of at least 4 members (excludes halogenated alkanes) is 2. The van der Waals surface area contributed by atoms with Gasteiger partial charge in [0.25, 0.3) is 0 Å². The van der Waals surface area contributed by atoms with Gasteiger partial charge >= 0.3 is 5.97 Å². The Morgan fingerprint density at radius 1 is 0.763 bits per heavy atom. The fraction of sp³-hybridized carbons (Fsp3) is 0.854. The monoisotopic (exact) mass is 1090 g/mol. The average Bonchev–Trinajstić information content (AvgIpc) is 4.08. The van der Waals surface area contributed by atoms with Gasteiger partial charge in [-0.05, 0) is 52.4 Å². The summed E-state index contributed by atoms with van der Waals surface area (Å²) in [6.45, 7) is 8.22. The molecule has 6 rings (SSSR count). The second-order valence-corrected chi connectivity index (χ2v) is 19.9. The van der Waals surface area contributed by atoms with Crippen LogP contribution in [0.4, 0.5) is 0 Å². The molecule has 1 aromatic heterocycles. The number of aliphatic carboxylic acids is 1. The number of aromatic nitrogens is 3. The average molecular weight is 1090 g/mol. The van der Waals surface area contributed by atoms with Crippen LogP contribution in [0.2, 0.25) is 0 Å². The number of fused-ring (bicyclic) bond motifs is 1. The fourth-order valence-corrected chi connectivity index (χ4v) is 9.89. The summed E-state index contributed by atoms with van der Waals surface area (Å²) in [6, 6.07) is -1.73. The molecule has 5 fully saturated rings. The van der Waals surface area contributed by atoms with Crippen LogP contribution in [0.25, 0.3) is 0 Å². The molecule has 0 bridgehead atoms. The van der Waals surface area contributed by atoms with Crippen molar-refractivity contribution in [2.45, 2.75) is 190 Å². The molecule has 76 heavy (non-hydrogen) atoms. The predicted molar refractivity (Wildman–Crippen MR) is 258 cm³/mol. The number of nitrogens with two attached hydrogens (primary N) is 2. The Labute approximate surface area is 440 Å². The van der Waals surface area contributed by atoms with Gasteiger partial charge in [0.2, 0.25) is 23.6 Å². The number of rotatable bonds is 30. The molecule has 18 atom stereocenters. The Hall–Kier alpha value is -3.95. The molecule has 6 unspecified atom stereocenters. The van der Waals surface area contributed by atoms with E-state index in [-0.39, 0.29) is 114 Å². The lowest BCUT2D eigenvalue weighted by Gasteiger charge is -2.45. The molecule has 0 spiro atoms. The van der Waals surface area contributed by atoms with Crippen LogP contribution in [0, 0.1) is 11.8 Å². The molecule has 1 aromatic rings. The van der Waals surface area contributed by atoms with Crippen molar-refractivity contribution in [3.8, 4) is 0 Å². The van der Waals surface area contributed by atoms with E-state index in [1.165, 1.54) is 21.4 Å². The maximum absolute atomic E-state index is 13.7. The highest BCUT2D eigenvalue weighted by molar-refractivity contribution is 6.06. The molecule has 0 aromatic carbocycles. The largest absolute Gasteiger partial charge is 0.479 e. The van der Waals surface area contributed by atoms with Crippen LogP contribution >= 0.6 is 0 Å². The summed E-state index contributed by atoms with van der Waals surface area (Å²) in [6.07, 6.45) is -11.0. The van der Waals surface area contributed by atoms with Crippen molar-refractivity contribution in [2.24, 2.45) is 23.3 Å². The van der Waals surface area contributed by atoms with Gasteiger partial charge in [0, 0.05) is 32.5 Å². The van der Waals surface area contributed by atoms with Gasteiger partial charge in [-0.1, -0.05) is 19.1 Å². The minimum atomic E-state index is -1.85. The minimum Gasteiger partial charge on any atom is -0.479 e. The number of aliphatic hydroxyl groups is 5. The molecule has 5 aliphatic rings. The normalized spacial score (nSPS) is 34.6. The van der Waals surface area contributed by atoms with E-state index in [2.05, 4.69) is 15.6 Å². The van der Waals surface area contributed by atoms with Crippen LogP contribution < -0.4 is 16.8 Å². The number of ether oxygens (including phenoxy) is 9. The summed E-state index contributed by atoms with van der Waals surface area (Å²) in [5, 5.41) is 72.9. The first-order valence-corrected chi connectivity index (χ1v) is 26.4. The van der Waals surface area contributed by atoms with E-state index in [1.54, 1.807) is 13.1 Å². The molecule has 5 aliphatic heterocycles. The number of carbonyl (C=O) groups is 5. The van der Waals surface area contributed by atoms with Gasteiger partial charge in [-0.3, -0.25) is 24.1 Å². The Bertz CT molecular complexity index is 2000. The molecule has 0 radical (unpaired) electrons. The number of nitrogens with one attached hydrogen (secondary N) is 1. The van der Waals surface area contributed by atoms with Crippen molar-refractivity contribution in [3.63, 3.8) is 0 Å². The molecule has 0 saturated carbocycles. The number of carboxylic acids is 1. The Kier molecular flexibility index (Phi) is 23.6. The zero-order chi connectivity index (χ0) is 55.2. The van der Waals surface area contributed by atoms with E-state index < -0.39 is 97.6 Å². The molecular weight excluding hydrogens is 1010 g/mol. The van der Waals surface area contributed by atoms with Crippen molar-refractivity contribution in [1.82, 2.24) is 30.1 Å². The standard InChI is InChI=1S/C48H80N8O20/c1-5-30-34-35(31(6-2)74-30)44(65)56(43(34)64)15-19-68-17-13-54(33(59)11-10-32(58)51-12-8-7-9-16-70-46-28(49)22-29(57)25(3)72-46)23-27-24-55(53-52-27)14-18-69-20-21-71-48-40(63)39(62)41(42(76-48)45(66)67)75-47-36(50)38(61)37(60)26(4)73-47/h24-26,28-31,34-42,46-48,57,60-63H,5-23,49-50H2,1-4H3,(H,51,58)(H,66,67)/t25?,26?,28?,29-,30-,31+,34+,35-,36?,37+,38+,39+,40?,41-,42?,46-,47+,48+/m0/s1. The highest BCUT2D eigenvalue weighted by Gasteiger charge is 2.58. The maximum atomic E-state index is 13.7. The highest BCUT2D eigenvalue weighted by atomic mass is 16.7. The van der Waals surface area contributed by atoms with Gasteiger partial charge < -0.3 is 95.0 Å². The van der Waals surface area contributed by atoms with E-state index >= 15 is 0 Å². The van der Waals surface area contributed by atoms with Gasteiger partial charge in [-0.25, -0.2) is 9.48 Å². The van der Waals surface area contributed by atoms with E-state index in [0.29, 0.717) is 50.9 Å². The third kappa shape index (κ3) is 15.9. The van der Waals surface area contributed by atoms with Gasteiger partial charge in [0.15, 0.2) is 25.0 Å². The Morgan fingerprint density at radius 3 is 2.13 bits per heavy atom. The van der Waals surface area contributed by atoms with Crippen LogP contribution in [0.1, 0.15) is 84.8 Å². The van der Waals surface area contributed by atoms with Gasteiger partial charge in [0.05, 0.1) is 113 Å². The quantitative estimate of drug-likeness (QED) is 0.0266. The summed E-state index contributed by atoms with van der Waals surface area (Å²) in [5.74, 6) is -3.73. The molecule has 5 saturated heterocycles. The number of carboxylic acid groups (broad SMARTS) is 1. The first kappa shape index (κ1) is 61.3. The zero-order valence-corrected chi connectivity index (χ0v) is 43.7. The Balaban J connectivity index is 0.929. The number of imide groups is 1. The molecule has 0 aliphatic carbocycles. The van der Waals surface area contributed by atoms with Crippen LogP contribution in [0.15, 0.2) is 6.20 Å². The third-order valence-corrected chi connectivity index (χ3v) is 14.4. The number of carbonyl (C=O) groups excluding carboxylic acids is 4. The first-order valence-electron chi connectivity index (χ1n) is 26.4. The summed E-state index contributed by atoms with van der Waals surface area (Å²) in [7, 11) is 0. The van der Waals surface area contributed by atoms with Gasteiger partial charge in [-0.15, -0.1) is 5.10 Å².